The van der Waals surface area contributed by atoms with Crippen LogP contribution >= 0.6 is 0 Å². The molecule has 1 aromatic carbocycles. The first kappa shape index (κ1) is 18.3. The van der Waals surface area contributed by atoms with Gasteiger partial charge in [0.25, 0.3) is 0 Å². The number of carbonyl (C=O) groups is 1. The summed E-state index contributed by atoms with van der Waals surface area (Å²) in [5.74, 6) is -1.75. The fraction of sp³-hybridized carbons (Fsp3) is 0.375. The minimum atomic E-state index is -4.70. The molecule has 9 heteroatoms. The van der Waals surface area contributed by atoms with E-state index in [9.17, 15) is 18.0 Å². The Hall–Kier alpha value is -3.07. The highest BCUT2D eigenvalue weighted by atomic mass is 19.4. The number of halogens is 3. The number of nitriles is 2. The fourth-order valence-corrected chi connectivity index (χ4v) is 2.42. The number of alkyl halides is 3. The van der Waals surface area contributed by atoms with Gasteiger partial charge in [-0.15, -0.1) is 0 Å². The molecule has 0 saturated heterocycles. The van der Waals surface area contributed by atoms with Gasteiger partial charge < -0.3 is 9.47 Å². The van der Waals surface area contributed by atoms with Crippen LogP contribution in [0.5, 0.6) is 0 Å². The van der Waals surface area contributed by atoms with E-state index in [0.29, 0.717) is 0 Å². The van der Waals surface area contributed by atoms with Crippen LogP contribution in [0.4, 0.5) is 13.2 Å². The van der Waals surface area contributed by atoms with E-state index in [1.807, 2.05) is 12.1 Å². The van der Waals surface area contributed by atoms with Crippen LogP contribution < -0.4 is 0 Å². The van der Waals surface area contributed by atoms with Crippen molar-refractivity contribution in [1.29, 1.82) is 10.5 Å². The van der Waals surface area contributed by atoms with E-state index in [2.05, 4.69) is 4.98 Å². The Morgan fingerprint density at radius 2 is 1.76 bits per heavy atom. The summed E-state index contributed by atoms with van der Waals surface area (Å²) in [6.45, 7) is -0.442. The fourth-order valence-electron chi connectivity index (χ4n) is 2.42. The van der Waals surface area contributed by atoms with Crippen LogP contribution in [0.25, 0.3) is 11.0 Å². The number of rotatable bonds is 6. The van der Waals surface area contributed by atoms with Crippen LogP contribution in [-0.2, 0) is 17.5 Å². The van der Waals surface area contributed by atoms with Crippen molar-refractivity contribution in [1.82, 2.24) is 14.5 Å². The van der Waals surface area contributed by atoms with Crippen LogP contribution in [0.1, 0.15) is 18.7 Å². The highest BCUT2D eigenvalue weighted by molar-refractivity contribution is 5.81. The lowest BCUT2D eigenvalue weighted by Gasteiger charge is -2.21. The summed E-state index contributed by atoms with van der Waals surface area (Å²) >= 11 is 0. The Labute approximate surface area is 141 Å². The highest BCUT2D eigenvalue weighted by Gasteiger charge is 2.38. The van der Waals surface area contributed by atoms with Crippen molar-refractivity contribution in [3.8, 4) is 12.1 Å². The summed E-state index contributed by atoms with van der Waals surface area (Å²) in [6, 6.07) is 9.78. The maximum atomic E-state index is 13.2. The van der Waals surface area contributed by atoms with Crippen molar-refractivity contribution in [3.05, 3.63) is 30.1 Å². The number of amides is 1. The number of carbonyl (C=O) groups excluding carboxylic acids is 1. The number of hydrogen-bond donors (Lipinski definition) is 0. The first-order valence-electron chi connectivity index (χ1n) is 7.42. The van der Waals surface area contributed by atoms with E-state index in [0.717, 1.165) is 4.57 Å². The number of fused-ring (bicyclic) bond motifs is 1. The van der Waals surface area contributed by atoms with E-state index in [1.54, 1.807) is 12.1 Å². The SMILES string of the molecule is N#CCCN(CCC#N)C(=O)Cn1c(C(F)(F)F)nc2ccccc21. The van der Waals surface area contributed by atoms with Crippen molar-refractivity contribution in [2.45, 2.75) is 25.6 Å². The molecular weight excluding hydrogens is 335 g/mol. The largest absolute Gasteiger partial charge is 0.449 e. The quantitative estimate of drug-likeness (QED) is 0.802. The van der Waals surface area contributed by atoms with Gasteiger partial charge in [0.05, 0.1) is 36.0 Å². The van der Waals surface area contributed by atoms with Crippen LogP contribution in [0.2, 0.25) is 0 Å². The number of para-hydroxylation sites is 2. The lowest BCUT2D eigenvalue weighted by atomic mass is 10.3. The summed E-state index contributed by atoms with van der Waals surface area (Å²) in [5, 5.41) is 17.3. The van der Waals surface area contributed by atoms with Gasteiger partial charge in [-0.3, -0.25) is 4.79 Å². The van der Waals surface area contributed by atoms with Gasteiger partial charge in [-0.25, -0.2) is 4.98 Å². The molecule has 25 heavy (non-hydrogen) atoms. The molecule has 6 nitrogen and oxygen atoms in total. The zero-order valence-corrected chi connectivity index (χ0v) is 13.1. The molecule has 0 atom stereocenters. The van der Waals surface area contributed by atoms with E-state index in [1.165, 1.54) is 17.0 Å². The number of hydrogen-bond acceptors (Lipinski definition) is 4. The average molecular weight is 349 g/mol. The standard InChI is InChI=1S/C16H14F3N5O/c17-16(18,19)15-22-12-5-1-2-6-13(12)24(15)11-14(25)23(9-3-7-20)10-4-8-21/h1-2,5-6H,3-4,9-11H2. The van der Waals surface area contributed by atoms with Crippen LogP contribution in [0.3, 0.4) is 0 Å². The van der Waals surface area contributed by atoms with Gasteiger partial charge in [-0.05, 0) is 12.1 Å². The second kappa shape index (κ2) is 7.67. The molecule has 0 aliphatic carbocycles. The van der Waals surface area contributed by atoms with Crippen LogP contribution in [-0.4, -0.2) is 33.4 Å². The molecule has 0 fully saturated rings. The Bertz CT molecular complexity index is 826. The molecule has 0 aliphatic rings. The van der Waals surface area contributed by atoms with Gasteiger partial charge in [0.15, 0.2) is 0 Å². The molecule has 0 unspecified atom stereocenters. The van der Waals surface area contributed by atoms with Crippen molar-refractivity contribution < 1.29 is 18.0 Å². The number of imidazole rings is 1. The van der Waals surface area contributed by atoms with Gasteiger partial charge in [0.1, 0.15) is 6.54 Å². The second-order valence-corrected chi connectivity index (χ2v) is 5.21. The first-order valence-corrected chi connectivity index (χ1v) is 7.42. The van der Waals surface area contributed by atoms with E-state index < -0.39 is 24.5 Å². The van der Waals surface area contributed by atoms with E-state index in [4.69, 9.17) is 10.5 Å². The first-order chi connectivity index (χ1) is 11.9. The number of nitrogens with zero attached hydrogens (tertiary/aromatic N) is 5. The van der Waals surface area contributed by atoms with Gasteiger partial charge in [0, 0.05) is 13.1 Å². The predicted octanol–water partition coefficient (Wildman–Crippen LogP) is 2.71. The summed E-state index contributed by atoms with van der Waals surface area (Å²) in [5.41, 5.74) is 0.340. The predicted molar refractivity (Wildman–Crippen MR) is 81.8 cm³/mol. The average Bonchev–Trinajstić information content (AvgIpc) is 2.94. The monoisotopic (exact) mass is 349 g/mol. The molecule has 0 saturated carbocycles. The van der Waals surface area contributed by atoms with Gasteiger partial charge >= 0.3 is 6.18 Å². The molecule has 0 N–H and O–H groups in total. The number of aromatic nitrogens is 2. The van der Waals surface area contributed by atoms with Crippen molar-refractivity contribution in [3.63, 3.8) is 0 Å². The number of benzene rings is 1. The molecule has 0 aliphatic heterocycles. The van der Waals surface area contributed by atoms with Crippen LogP contribution in [0, 0.1) is 22.7 Å². The third-order valence-corrected chi connectivity index (χ3v) is 3.54. The zero-order valence-electron chi connectivity index (χ0n) is 13.1. The van der Waals surface area contributed by atoms with Gasteiger partial charge in [-0.1, -0.05) is 12.1 Å². The van der Waals surface area contributed by atoms with Gasteiger partial charge in [0.2, 0.25) is 11.7 Å². The molecule has 2 aromatic rings. The molecule has 2 rings (SSSR count). The summed E-state index contributed by atoms with van der Waals surface area (Å²) in [6.07, 6.45) is -4.63. The topological polar surface area (TPSA) is 85.7 Å². The second-order valence-electron chi connectivity index (χ2n) is 5.21. The Balaban J connectivity index is 2.35. The Morgan fingerprint density at radius 3 is 2.32 bits per heavy atom. The normalized spacial score (nSPS) is 11.1. The van der Waals surface area contributed by atoms with Gasteiger partial charge in [-0.2, -0.15) is 23.7 Å². The lowest BCUT2D eigenvalue weighted by molar-refractivity contribution is -0.148. The van der Waals surface area contributed by atoms with Crippen molar-refractivity contribution in [2.24, 2.45) is 0 Å². The maximum absolute atomic E-state index is 13.2. The highest BCUT2D eigenvalue weighted by Crippen LogP contribution is 2.31. The summed E-state index contributed by atoms with van der Waals surface area (Å²) in [4.78, 5) is 17.2. The summed E-state index contributed by atoms with van der Waals surface area (Å²) < 4.78 is 40.6. The minimum Gasteiger partial charge on any atom is -0.339 e. The molecule has 0 radical (unpaired) electrons. The molecule has 130 valence electrons. The maximum Gasteiger partial charge on any atom is 0.449 e. The molecule has 0 bridgehead atoms. The molecule has 1 amide bonds. The lowest BCUT2D eigenvalue weighted by Crippen LogP contribution is -2.36. The van der Waals surface area contributed by atoms with E-state index in [-0.39, 0.29) is 37.0 Å². The minimum absolute atomic E-state index is 0.0357. The third-order valence-electron chi connectivity index (χ3n) is 3.54. The molecular formula is C16H14F3N5O. The van der Waals surface area contributed by atoms with E-state index >= 15 is 0 Å². The Morgan fingerprint density at radius 1 is 1.16 bits per heavy atom. The van der Waals surface area contributed by atoms with Crippen LogP contribution in [0.15, 0.2) is 24.3 Å². The Kier molecular flexibility index (Phi) is 5.60. The molecule has 1 aromatic heterocycles. The third kappa shape index (κ3) is 4.27. The zero-order chi connectivity index (χ0) is 18.4. The smallest absolute Gasteiger partial charge is 0.339 e. The van der Waals surface area contributed by atoms with Crippen molar-refractivity contribution >= 4 is 16.9 Å². The summed E-state index contributed by atoms with van der Waals surface area (Å²) in [7, 11) is 0. The molecule has 0 spiro atoms. The van der Waals surface area contributed by atoms with Crippen molar-refractivity contribution in [2.75, 3.05) is 13.1 Å². The molecule has 1 heterocycles.